The molecule has 0 fully saturated rings. The van der Waals surface area contributed by atoms with E-state index in [-0.39, 0.29) is 11.8 Å². The number of carbonyl (C=O) groups excluding carboxylic acids is 2. The van der Waals surface area contributed by atoms with Crippen LogP contribution < -0.4 is 15.0 Å². The van der Waals surface area contributed by atoms with Crippen molar-refractivity contribution < 1.29 is 14.3 Å². The Morgan fingerprint density at radius 3 is 2.77 bits per heavy atom. The molecule has 0 bridgehead atoms. The number of para-hydroxylation sites is 1. The number of nitrogens with one attached hydrogen (secondary N) is 1. The highest BCUT2D eigenvalue weighted by atomic mass is 16.5. The highest BCUT2D eigenvalue weighted by Gasteiger charge is 2.22. The van der Waals surface area contributed by atoms with Gasteiger partial charge in [-0.15, -0.1) is 0 Å². The molecule has 26 heavy (non-hydrogen) atoms. The monoisotopic (exact) mass is 352 g/mol. The van der Waals surface area contributed by atoms with Crippen LogP contribution >= 0.6 is 0 Å². The minimum atomic E-state index is -0.0323. The van der Waals surface area contributed by atoms with Crippen LogP contribution in [-0.2, 0) is 22.4 Å². The van der Waals surface area contributed by atoms with Gasteiger partial charge in [0.15, 0.2) is 0 Å². The minimum Gasteiger partial charge on any atom is -0.496 e. The summed E-state index contributed by atoms with van der Waals surface area (Å²) in [6, 6.07) is 13.5. The molecule has 1 aliphatic rings. The van der Waals surface area contributed by atoms with E-state index >= 15 is 0 Å². The summed E-state index contributed by atoms with van der Waals surface area (Å²) >= 11 is 0. The van der Waals surface area contributed by atoms with Gasteiger partial charge in [0.05, 0.1) is 7.11 Å². The van der Waals surface area contributed by atoms with Crippen LogP contribution in [0.1, 0.15) is 30.9 Å². The third-order valence-electron chi connectivity index (χ3n) is 4.69. The molecule has 0 unspecified atom stereocenters. The number of anilines is 2. The second-order valence-electron chi connectivity index (χ2n) is 6.34. The molecule has 2 amide bonds. The number of hydrogen-bond acceptors (Lipinski definition) is 3. The number of benzene rings is 2. The molecule has 0 saturated heterocycles. The van der Waals surface area contributed by atoms with E-state index in [0.717, 1.165) is 34.7 Å². The summed E-state index contributed by atoms with van der Waals surface area (Å²) in [6.07, 6.45) is 2.25. The summed E-state index contributed by atoms with van der Waals surface area (Å²) in [7, 11) is 1.64. The second kappa shape index (κ2) is 8.04. The quantitative estimate of drug-likeness (QED) is 0.865. The van der Waals surface area contributed by atoms with E-state index in [1.54, 1.807) is 12.0 Å². The lowest BCUT2D eigenvalue weighted by molar-refractivity contribution is -0.119. The first-order chi connectivity index (χ1) is 12.6. The molecule has 1 heterocycles. The van der Waals surface area contributed by atoms with Crippen LogP contribution in [0.3, 0.4) is 0 Å². The maximum Gasteiger partial charge on any atom is 0.227 e. The van der Waals surface area contributed by atoms with Crippen LogP contribution in [0.4, 0.5) is 11.4 Å². The largest absolute Gasteiger partial charge is 0.496 e. The Bertz CT molecular complexity index is 817. The van der Waals surface area contributed by atoms with Crippen LogP contribution in [-0.4, -0.2) is 25.5 Å². The van der Waals surface area contributed by atoms with Crippen molar-refractivity contribution in [2.24, 2.45) is 0 Å². The highest BCUT2D eigenvalue weighted by Crippen LogP contribution is 2.30. The van der Waals surface area contributed by atoms with Gasteiger partial charge in [-0.05, 0) is 55.2 Å². The zero-order valence-electron chi connectivity index (χ0n) is 15.2. The third-order valence-corrected chi connectivity index (χ3v) is 4.69. The maximum absolute atomic E-state index is 12.3. The van der Waals surface area contributed by atoms with Gasteiger partial charge in [-0.2, -0.15) is 0 Å². The first-order valence-corrected chi connectivity index (χ1v) is 8.97. The van der Waals surface area contributed by atoms with Gasteiger partial charge in [-0.1, -0.05) is 18.2 Å². The molecule has 0 aromatic heterocycles. The average molecular weight is 352 g/mol. The van der Waals surface area contributed by atoms with Gasteiger partial charge in [0.1, 0.15) is 5.75 Å². The molecular formula is C21H24N2O3. The van der Waals surface area contributed by atoms with Crippen LogP contribution in [0.15, 0.2) is 42.5 Å². The Balaban J connectivity index is 1.64. The molecule has 0 aliphatic carbocycles. The number of ether oxygens (including phenoxy) is 1. The minimum absolute atomic E-state index is 0.0323. The van der Waals surface area contributed by atoms with Gasteiger partial charge in [0.2, 0.25) is 11.8 Å². The molecule has 2 aromatic rings. The van der Waals surface area contributed by atoms with Crippen molar-refractivity contribution >= 4 is 23.2 Å². The van der Waals surface area contributed by atoms with E-state index in [1.165, 1.54) is 0 Å². The topological polar surface area (TPSA) is 58.6 Å². The van der Waals surface area contributed by atoms with Gasteiger partial charge in [-0.3, -0.25) is 9.59 Å². The molecule has 1 aliphatic heterocycles. The van der Waals surface area contributed by atoms with Crippen LogP contribution in [0.25, 0.3) is 0 Å². The van der Waals surface area contributed by atoms with Crippen molar-refractivity contribution in [3.63, 3.8) is 0 Å². The number of rotatable bonds is 6. The highest BCUT2D eigenvalue weighted by molar-refractivity contribution is 5.97. The lowest BCUT2D eigenvalue weighted by Crippen LogP contribution is -2.34. The number of nitrogens with zero attached hydrogens (tertiary/aromatic N) is 1. The van der Waals surface area contributed by atoms with Crippen molar-refractivity contribution in [2.75, 3.05) is 23.9 Å². The van der Waals surface area contributed by atoms with Gasteiger partial charge < -0.3 is 15.0 Å². The zero-order valence-corrected chi connectivity index (χ0v) is 15.2. The normalized spacial score (nSPS) is 13.3. The first-order valence-electron chi connectivity index (χ1n) is 8.97. The number of carbonyl (C=O) groups is 2. The summed E-state index contributed by atoms with van der Waals surface area (Å²) in [5.74, 6) is 0.932. The fraction of sp³-hybridized carbons (Fsp3) is 0.333. The van der Waals surface area contributed by atoms with E-state index in [2.05, 4.69) is 5.32 Å². The average Bonchev–Trinajstić information content (AvgIpc) is 2.66. The number of aryl methyl sites for hydroxylation is 2. The van der Waals surface area contributed by atoms with Crippen molar-refractivity contribution in [1.29, 1.82) is 0 Å². The zero-order chi connectivity index (χ0) is 18.5. The Morgan fingerprint density at radius 1 is 1.19 bits per heavy atom. The lowest BCUT2D eigenvalue weighted by Gasteiger charge is -2.28. The smallest absolute Gasteiger partial charge is 0.227 e. The number of methoxy groups -OCH3 is 1. The summed E-state index contributed by atoms with van der Waals surface area (Å²) in [6.45, 7) is 2.64. The molecule has 2 aromatic carbocycles. The van der Waals surface area contributed by atoms with Gasteiger partial charge >= 0.3 is 0 Å². The SMILES string of the molecule is CCN1C(=O)CCc2cc(NC(=O)CCc3ccccc3OC)ccc21. The van der Waals surface area contributed by atoms with E-state index in [9.17, 15) is 9.59 Å². The van der Waals surface area contributed by atoms with Crippen molar-refractivity contribution in [3.05, 3.63) is 53.6 Å². The Hall–Kier alpha value is -2.82. The fourth-order valence-corrected chi connectivity index (χ4v) is 3.37. The summed E-state index contributed by atoms with van der Waals surface area (Å²) in [5, 5.41) is 2.96. The molecular weight excluding hydrogens is 328 g/mol. The molecule has 0 spiro atoms. The molecule has 0 saturated carbocycles. The molecule has 5 heteroatoms. The second-order valence-corrected chi connectivity index (χ2v) is 6.34. The standard InChI is InChI=1S/C21H24N2O3/c1-3-23-18-11-10-17(14-16(18)9-13-21(23)25)22-20(24)12-8-15-6-4-5-7-19(15)26-2/h4-7,10-11,14H,3,8-9,12-13H2,1-2H3,(H,22,24). The lowest BCUT2D eigenvalue weighted by atomic mass is 10.0. The van der Waals surface area contributed by atoms with Crippen molar-refractivity contribution in [3.8, 4) is 5.75 Å². The predicted octanol–water partition coefficient (Wildman–Crippen LogP) is 3.57. The summed E-state index contributed by atoms with van der Waals surface area (Å²) in [4.78, 5) is 26.1. The maximum atomic E-state index is 12.3. The first kappa shape index (κ1) is 18.0. The number of amides is 2. The van der Waals surface area contributed by atoms with Gasteiger partial charge in [0.25, 0.3) is 0 Å². The molecule has 0 atom stereocenters. The fourth-order valence-electron chi connectivity index (χ4n) is 3.37. The predicted molar refractivity (Wildman–Crippen MR) is 103 cm³/mol. The van der Waals surface area contributed by atoms with Crippen molar-refractivity contribution in [1.82, 2.24) is 0 Å². The van der Waals surface area contributed by atoms with Crippen molar-refractivity contribution in [2.45, 2.75) is 32.6 Å². The third kappa shape index (κ3) is 3.87. The number of hydrogen-bond donors (Lipinski definition) is 1. The molecule has 136 valence electrons. The Labute approximate surface area is 154 Å². The van der Waals surface area contributed by atoms with Gasteiger partial charge in [-0.25, -0.2) is 0 Å². The van der Waals surface area contributed by atoms with Crippen LogP contribution in [0, 0.1) is 0 Å². The van der Waals surface area contributed by atoms with Crippen LogP contribution in [0.2, 0.25) is 0 Å². The van der Waals surface area contributed by atoms with E-state index < -0.39 is 0 Å². The molecule has 3 rings (SSSR count). The van der Waals surface area contributed by atoms with E-state index in [0.29, 0.717) is 25.8 Å². The summed E-state index contributed by atoms with van der Waals surface area (Å²) in [5.41, 5.74) is 3.86. The molecule has 1 N–H and O–H groups in total. The molecule has 0 radical (unpaired) electrons. The number of fused-ring (bicyclic) bond motifs is 1. The van der Waals surface area contributed by atoms with E-state index in [1.807, 2.05) is 49.4 Å². The van der Waals surface area contributed by atoms with Crippen LogP contribution in [0.5, 0.6) is 5.75 Å². The summed E-state index contributed by atoms with van der Waals surface area (Å²) < 4.78 is 5.32. The van der Waals surface area contributed by atoms with E-state index in [4.69, 9.17) is 4.74 Å². The Morgan fingerprint density at radius 2 is 2.00 bits per heavy atom. The Kier molecular flexibility index (Phi) is 5.56. The molecule has 5 nitrogen and oxygen atoms in total. The van der Waals surface area contributed by atoms with Gasteiger partial charge in [0, 0.05) is 30.8 Å².